The van der Waals surface area contributed by atoms with Gasteiger partial charge in [-0.2, -0.15) is 5.10 Å². The summed E-state index contributed by atoms with van der Waals surface area (Å²) in [4.78, 5) is 17.2. The summed E-state index contributed by atoms with van der Waals surface area (Å²) >= 11 is 0. The Kier molecular flexibility index (Phi) is 8.10. The molecular formula is C29H36N4O3. The molecule has 190 valence electrons. The SMILES string of the molecule is COc1ccc(OC)c(CN2CCN(C(=O)/C=C/c3c(C)nn(Cc4ccc(C)cc4)c3C)CC2)c1. The third kappa shape index (κ3) is 5.97. The van der Waals surface area contributed by atoms with E-state index in [4.69, 9.17) is 14.6 Å². The van der Waals surface area contributed by atoms with Gasteiger partial charge in [0.15, 0.2) is 0 Å². The molecule has 0 saturated carbocycles. The average Bonchev–Trinajstić information content (AvgIpc) is 3.16. The molecule has 0 unspecified atom stereocenters. The van der Waals surface area contributed by atoms with Crippen molar-refractivity contribution in [1.82, 2.24) is 19.6 Å². The number of rotatable bonds is 8. The minimum absolute atomic E-state index is 0.0405. The highest BCUT2D eigenvalue weighted by Crippen LogP contribution is 2.26. The van der Waals surface area contributed by atoms with Crippen LogP contribution >= 0.6 is 0 Å². The van der Waals surface area contributed by atoms with Crippen molar-refractivity contribution in [3.63, 3.8) is 0 Å². The number of aromatic nitrogens is 2. The monoisotopic (exact) mass is 488 g/mol. The Balaban J connectivity index is 1.35. The second-order valence-corrected chi connectivity index (χ2v) is 9.34. The van der Waals surface area contributed by atoms with E-state index in [-0.39, 0.29) is 5.91 Å². The number of carbonyl (C=O) groups is 1. The van der Waals surface area contributed by atoms with Crippen LogP contribution < -0.4 is 9.47 Å². The van der Waals surface area contributed by atoms with Crippen LogP contribution in [0.15, 0.2) is 48.5 Å². The van der Waals surface area contributed by atoms with Crippen molar-refractivity contribution < 1.29 is 14.3 Å². The van der Waals surface area contributed by atoms with Crippen LogP contribution in [0.3, 0.4) is 0 Å². The van der Waals surface area contributed by atoms with Gasteiger partial charge in [0, 0.05) is 55.6 Å². The number of nitrogens with zero attached hydrogens (tertiary/aromatic N) is 4. The summed E-state index contributed by atoms with van der Waals surface area (Å²) in [5, 5.41) is 4.71. The molecule has 0 bridgehead atoms. The lowest BCUT2D eigenvalue weighted by atomic mass is 10.1. The van der Waals surface area contributed by atoms with Crippen LogP contribution in [0.2, 0.25) is 0 Å². The molecule has 2 heterocycles. The van der Waals surface area contributed by atoms with Crippen LogP contribution in [0.25, 0.3) is 6.08 Å². The molecule has 1 aliphatic rings. The van der Waals surface area contributed by atoms with Gasteiger partial charge in [-0.25, -0.2) is 0 Å². The Morgan fingerprint density at radius 3 is 2.33 bits per heavy atom. The van der Waals surface area contributed by atoms with Crippen molar-refractivity contribution in [2.24, 2.45) is 0 Å². The molecule has 1 amide bonds. The lowest BCUT2D eigenvalue weighted by molar-refractivity contribution is -0.127. The van der Waals surface area contributed by atoms with E-state index >= 15 is 0 Å². The molecule has 36 heavy (non-hydrogen) atoms. The zero-order valence-electron chi connectivity index (χ0n) is 22.0. The normalized spacial score (nSPS) is 14.4. The molecule has 0 spiro atoms. The van der Waals surface area contributed by atoms with Gasteiger partial charge in [-0.1, -0.05) is 29.8 Å². The number of hydrogen-bond donors (Lipinski definition) is 0. The molecule has 4 rings (SSSR count). The lowest BCUT2D eigenvalue weighted by Crippen LogP contribution is -2.47. The van der Waals surface area contributed by atoms with E-state index in [0.29, 0.717) is 13.1 Å². The largest absolute Gasteiger partial charge is 0.497 e. The maximum atomic E-state index is 12.9. The van der Waals surface area contributed by atoms with Crippen molar-refractivity contribution in [2.75, 3.05) is 40.4 Å². The molecule has 1 fully saturated rings. The van der Waals surface area contributed by atoms with Gasteiger partial charge < -0.3 is 14.4 Å². The number of ether oxygens (including phenoxy) is 2. The molecule has 1 aliphatic heterocycles. The number of carbonyl (C=O) groups excluding carboxylic acids is 1. The van der Waals surface area contributed by atoms with Gasteiger partial charge in [0.2, 0.25) is 5.91 Å². The summed E-state index contributed by atoms with van der Waals surface area (Å²) in [7, 11) is 3.35. The number of amides is 1. The van der Waals surface area contributed by atoms with Crippen molar-refractivity contribution >= 4 is 12.0 Å². The number of hydrogen-bond acceptors (Lipinski definition) is 5. The minimum Gasteiger partial charge on any atom is -0.497 e. The number of aryl methyl sites for hydroxylation is 2. The topological polar surface area (TPSA) is 59.8 Å². The Morgan fingerprint density at radius 1 is 0.944 bits per heavy atom. The highest BCUT2D eigenvalue weighted by Gasteiger charge is 2.21. The van der Waals surface area contributed by atoms with Crippen LogP contribution in [0.4, 0.5) is 0 Å². The van der Waals surface area contributed by atoms with E-state index in [9.17, 15) is 4.79 Å². The van der Waals surface area contributed by atoms with Gasteiger partial charge >= 0.3 is 0 Å². The number of benzene rings is 2. The highest BCUT2D eigenvalue weighted by molar-refractivity contribution is 5.92. The van der Waals surface area contributed by atoms with Crippen LogP contribution in [-0.2, 0) is 17.9 Å². The Labute approximate surface area is 213 Å². The molecule has 0 atom stereocenters. The molecule has 1 saturated heterocycles. The van der Waals surface area contributed by atoms with Crippen LogP contribution in [-0.4, -0.2) is 65.9 Å². The zero-order valence-corrected chi connectivity index (χ0v) is 22.0. The van der Waals surface area contributed by atoms with Crippen LogP contribution in [0, 0.1) is 20.8 Å². The lowest BCUT2D eigenvalue weighted by Gasteiger charge is -2.34. The quantitative estimate of drug-likeness (QED) is 0.444. The van der Waals surface area contributed by atoms with Crippen molar-refractivity contribution in [2.45, 2.75) is 33.9 Å². The fraction of sp³-hybridized carbons (Fsp3) is 0.379. The van der Waals surface area contributed by atoms with Crippen molar-refractivity contribution in [3.8, 4) is 11.5 Å². The molecule has 2 aromatic carbocycles. The summed E-state index contributed by atoms with van der Waals surface area (Å²) in [6.45, 7) is 10.6. The van der Waals surface area contributed by atoms with E-state index in [2.05, 4.69) is 43.0 Å². The summed E-state index contributed by atoms with van der Waals surface area (Å²) in [5.74, 6) is 1.71. The van der Waals surface area contributed by atoms with Gasteiger partial charge in [-0.3, -0.25) is 14.4 Å². The Bertz CT molecular complexity index is 1220. The smallest absolute Gasteiger partial charge is 0.246 e. The molecule has 7 nitrogen and oxygen atoms in total. The van der Waals surface area contributed by atoms with Crippen molar-refractivity contribution in [3.05, 3.63) is 82.2 Å². The maximum absolute atomic E-state index is 12.9. The summed E-state index contributed by atoms with van der Waals surface area (Å²) in [6.07, 6.45) is 3.60. The first-order valence-corrected chi connectivity index (χ1v) is 12.4. The maximum Gasteiger partial charge on any atom is 0.246 e. The van der Waals surface area contributed by atoms with E-state index in [1.54, 1.807) is 20.3 Å². The predicted molar refractivity (Wildman–Crippen MR) is 142 cm³/mol. The first kappa shape index (κ1) is 25.5. The van der Waals surface area contributed by atoms with E-state index in [1.807, 2.05) is 40.8 Å². The van der Waals surface area contributed by atoms with Gasteiger partial charge in [-0.15, -0.1) is 0 Å². The van der Waals surface area contributed by atoms with Crippen molar-refractivity contribution in [1.29, 1.82) is 0 Å². The van der Waals surface area contributed by atoms with E-state index in [1.165, 1.54) is 11.1 Å². The molecule has 0 radical (unpaired) electrons. The van der Waals surface area contributed by atoms with Gasteiger partial charge in [0.1, 0.15) is 11.5 Å². The number of methoxy groups -OCH3 is 2. The number of piperazine rings is 1. The molecule has 0 aliphatic carbocycles. The van der Waals surface area contributed by atoms with E-state index in [0.717, 1.165) is 60.2 Å². The second-order valence-electron chi connectivity index (χ2n) is 9.34. The summed E-state index contributed by atoms with van der Waals surface area (Å²) in [5.41, 5.74) is 6.55. The molecule has 0 N–H and O–H groups in total. The summed E-state index contributed by atoms with van der Waals surface area (Å²) < 4.78 is 12.9. The highest BCUT2D eigenvalue weighted by atomic mass is 16.5. The summed E-state index contributed by atoms with van der Waals surface area (Å²) in [6, 6.07) is 14.4. The first-order valence-electron chi connectivity index (χ1n) is 12.4. The third-order valence-electron chi connectivity index (χ3n) is 6.85. The molecule has 1 aromatic heterocycles. The Hall–Kier alpha value is -3.58. The predicted octanol–water partition coefficient (Wildman–Crippen LogP) is 4.23. The van der Waals surface area contributed by atoms with Crippen LogP contribution in [0.5, 0.6) is 11.5 Å². The average molecular weight is 489 g/mol. The minimum atomic E-state index is 0.0405. The second kappa shape index (κ2) is 11.4. The molecular weight excluding hydrogens is 452 g/mol. The van der Waals surface area contributed by atoms with Crippen LogP contribution in [0.1, 0.15) is 33.6 Å². The third-order valence-corrected chi connectivity index (χ3v) is 6.85. The van der Waals surface area contributed by atoms with Gasteiger partial charge in [0.25, 0.3) is 0 Å². The fourth-order valence-electron chi connectivity index (χ4n) is 4.61. The molecule has 7 heteroatoms. The van der Waals surface area contributed by atoms with Gasteiger partial charge in [0.05, 0.1) is 26.5 Å². The fourth-order valence-corrected chi connectivity index (χ4v) is 4.61. The molecule has 3 aromatic rings. The Morgan fingerprint density at radius 2 is 1.67 bits per heavy atom. The van der Waals surface area contributed by atoms with Gasteiger partial charge in [-0.05, 0) is 50.6 Å². The first-order chi connectivity index (χ1) is 17.4. The van der Waals surface area contributed by atoms with E-state index < -0.39 is 0 Å². The standard InChI is InChI=1S/C29H36N4O3/c1-21-6-8-24(9-7-21)19-33-23(3)27(22(2)30-33)11-13-29(34)32-16-14-31(15-17-32)20-25-18-26(35-4)10-12-28(25)36-5/h6-13,18H,14-17,19-20H2,1-5H3/b13-11+. The zero-order chi connectivity index (χ0) is 25.7.